The summed E-state index contributed by atoms with van der Waals surface area (Å²) in [6.45, 7) is 6.17. The first-order valence-corrected chi connectivity index (χ1v) is 8.43. The molecule has 3 amide bonds. The van der Waals surface area contributed by atoms with Crippen molar-refractivity contribution in [3.8, 4) is 0 Å². The molecule has 3 N–H and O–H groups in total. The number of nitrogens with one attached hydrogen (secondary N) is 1. The zero-order chi connectivity index (χ0) is 17.5. The van der Waals surface area contributed by atoms with Gasteiger partial charge in [0.2, 0.25) is 5.91 Å². The Morgan fingerprint density at radius 2 is 2.08 bits per heavy atom. The van der Waals surface area contributed by atoms with Gasteiger partial charge in [-0.25, -0.2) is 4.79 Å². The molecule has 2 heterocycles. The van der Waals surface area contributed by atoms with Crippen LogP contribution in [-0.2, 0) is 9.53 Å². The van der Waals surface area contributed by atoms with Crippen molar-refractivity contribution in [2.24, 2.45) is 17.6 Å². The third kappa shape index (κ3) is 5.26. The first kappa shape index (κ1) is 18.3. The van der Waals surface area contributed by atoms with Crippen LogP contribution in [0.5, 0.6) is 0 Å². The van der Waals surface area contributed by atoms with Crippen molar-refractivity contribution in [1.29, 1.82) is 0 Å². The number of furan rings is 1. The van der Waals surface area contributed by atoms with Crippen LogP contribution in [0.2, 0.25) is 0 Å². The molecule has 1 aliphatic rings. The number of nitrogens with two attached hydrogens (primary N) is 1. The van der Waals surface area contributed by atoms with E-state index >= 15 is 0 Å². The second-order valence-corrected chi connectivity index (χ2v) is 6.61. The van der Waals surface area contributed by atoms with E-state index in [2.05, 4.69) is 19.2 Å². The van der Waals surface area contributed by atoms with E-state index in [1.165, 1.54) is 0 Å². The lowest BCUT2D eigenvalue weighted by atomic mass is 9.96. The van der Waals surface area contributed by atoms with Gasteiger partial charge in [0.1, 0.15) is 11.8 Å². The molecule has 0 radical (unpaired) electrons. The number of nitrogens with zero attached hydrogens (tertiary/aromatic N) is 1. The predicted molar refractivity (Wildman–Crippen MR) is 89.1 cm³/mol. The topological polar surface area (TPSA) is 97.8 Å². The second-order valence-electron chi connectivity index (χ2n) is 6.61. The number of ether oxygens (including phenoxy) is 1. The van der Waals surface area contributed by atoms with Crippen LogP contribution in [0.4, 0.5) is 4.79 Å². The molecule has 1 saturated heterocycles. The Morgan fingerprint density at radius 3 is 2.62 bits per heavy atom. The van der Waals surface area contributed by atoms with Crippen LogP contribution < -0.4 is 11.1 Å². The van der Waals surface area contributed by atoms with Gasteiger partial charge in [0.05, 0.1) is 12.9 Å². The van der Waals surface area contributed by atoms with Gasteiger partial charge in [0.25, 0.3) is 0 Å². The van der Waals surface area contributed by atoms with Gasteiger partial charge < -0.3 is 25.1 Å². The summed E-state index contributed by atoms with van der Waals surface area (Å²) < 4.78 is 11.1. The SMILES string of the molecule is CC(C)COCC(NC(=O)N1CCC(C(N)=O)CC1)c1ccco1. The summed E-state index contributed by atoms with van der Waals surface area (Å²) >= 11 is 0. The summed E-state index contributed by atoms with van der Waals surface area (Å²) in [5.74, 6) is 0.666. The number of likely N-dealkylation sites (tertiary alicyclic amines) is 1. The fourth-order valence-electron chi connectivity index (χ4n) is 2.71. The zero-order valence-electron chi connectivity index (χ0n) is 14.4. The Labute approximate surface area is 142 Å². The first-order valence-electron chi connectivity index (χ1n) is 8.43. The smallest absolute Gasteiger partial charge is 0.318 e. The molecule has 1 aliphatic heterocycles. The third-order valence-corrected chi connectivity index (χ3v) is 4.10. The average Bonchev–Trinajstić information content (AvgIpc) is 3.08. The highest BCUT2D eigenvalue weighted by atomic mass is 16.5. The number of amides is 3. The fraction of sp³-hybridized carbons (Fsp3) is 0.647. The van der Waals surface area contributed by atoms with Crippen LogP contribution in [-0.4, -0.2) is 43.1 Å². The van der Waals surface area contributed by atoms with E-state index in [0.29, 0.717) is 50.8 Å². The Morgan fingerprint density at radius 1 is 1.38 bits per heavy atom. The molecular formula is C17H27N3O4. The third-order valence-electron chi connectivity index (χ3n) is 4.10. The van der Waals surface area contributed by atoms with E-state index in [4.69, 9.17) is 14.9 Å². The van der Waals surface area contributed by atoms with Gasteiger partial charge in [-0.15, -0.1) is 0 Å². The quantitative estimate of drug-likeness (QED) is 0.794. The van der Waals surface area contributed by atoms with Gasteiger partial charge in [0, 0.05) is 25.6 Å². The summed E-state index contributed by atoms with van der Waals surface area (Å²) in [7, 11) is 0. The number of carbonyl (C=O) groups is 2. The maximum atomic E-state index is 12.5. The summed E-state index contributed by atoms with van der Waals surface area (Å²) in [4.78, 5) is 25.4. The second kappa shape index (κ2) is 8.73. The minimum atomic E-state index is -0.333. The first-order chi connectivity index (χ1) is 11.5. The van der Waals surface area contributed by atoms with Crippen molar-refractivity contribution < 1.29 is 18.7 Å². The Bertz CT molecular complexity index is 522. The molecule has 1 atom stereocenters. The Balaban J connectivity index is 1.89. The van der Waals surface area contributed by atoms with Gasteiger partial charge in [-0.2, -0.15) is 0 Å². The number of hydrogen-bond donors (Lipinski definition) is 2. The molecule has 1 aromatic rings. The van der Waals surface area contributed by atoms with Gasteiger partial charge in [-0.1, -0.05) is 13.8 Å². The molecule has 1 fully saturated rings. The van der Waals surface area contributed by atoms with Crippen molar-refractivity contribution in [2.45, 2.75) is 32.7 Å². The highest BCUT2D eigenvalue weighted by Crippen LogP contribution is 2.19. The summed E-state index contributed by atoms with van der Waals surface area (Å²) in [5, 5.41) is 2.96. The van der Waals surface area contributed by atoms with Crippen LogP contribution in [0.1, 0.15) is 38.5 Å². The average molecular weight is 337 g/mol. The summed E-state index contributed by atoms with van der Waals surface area (Å²) in [6.07, 6.45) is 2.80. The van der Waals surface area contributed by atoms with Crippen molar-refractivity contribution in [3.05, 3.63) is 24.2 Å². The monoisotopic (exact) mass is 337 g/mol. The summed E-state index contributed by atoms with van der Waals surface area (Å²) in [6, 6.07) is 3.10. The molecule has 1 aromatic heterocycles. The molecular weight excluding hydrogens is 310 g/mol. The standard InChI is InChI=1S/C17H27N3O4/c1-12(2)10-23-11-14(15-4-3-9-24-15)19-17(22)20-7-5-13(6-8-20)16(18)21/h3-4,9,12-14H,5-8,10-11H2,1-2H3,(H2,18,21)(H,19,22). The lowest BCUT2D eigenvalue weighted by molar-refractivity contribution is -0.123. The zero-order valence-corrected chi connectivity index (χ0v) is 14.4. The van der Waals surface area contributed by atoms with E-state index in [9.17, 15) is 9.59 Å². The van der Waals surface area contributed by atoms with Crippen LogP contribution in [0, 0.1) is 11.8 Å². The lowest BCUT2D eigenvalue weighted by Crippen LogP contribution is -2.47. The van der Waals surface area contributed by atoms with Gasteiger partial charge in [0.15, 0.2) is 0 Å². The van der Waals surface area contributed by atoms with Crippen LogP contribution in [0.15, 0.2) is 22.8 Å². The molecule has 7 nitrogen and oxygen atoms in total. The minimum Gasteiger partial charge on any atom is -0.467 e. The molecule has 24 heavy (non-hydrogen) atoms. The molecule has 0 spiro atoms. The number of carbonyl (C=O) groups excluding carboxylic acids is 2. The highest BCUT2D eigenvalue weighted by Gasteiger charge is 2.27. The van der Waals surface area contributed by atoms with Crippen molar-refractivity contribution >= 4 is 11.9 Å². The molecule has 0 aromatic carbocycles. The van der Waals surface area contributed by atoms with Crippen molar-refractivity contribution in [2.75, 3.05) is 26.3 Å². The van der Waals surface area contributed by atoms with Crippen molar-refractivity contribution in [1.82, 2.24) is 10.2 Å². The van der Waals surface area contributed by atoms with E-state index < -0.39 is 0 Å². The number of urea groups is 1. The number of rotatable bonds is 7. The Hall–Kier alpha value is -2.02. The largest absolute Gasteiger partial charge is 0.467 e. The molecule has 0 bridgehead atoms. The maximum Gasteiger partial charge on any atom is 0.318 e. The predicted octanol–water partition coefficient (Wildman–Crippen LogP) is 1.90. The molecule has 0 aliphatic carbocycles. The molecule has 7 heteroatoms. The molecule has 1 unspecified atom stereocenters. The Kier molecular flexibility index (Phi) is 6.66. The fourth-order valence-corrected chi connectivity index (χ4v) is 2.71. The summed E-state index contributed by atoms with van der Waals surface area (Å²) in [5.41, 5.74) is 5.33. The number of hydrogen-bond acceptors (Lipinski definition) is 4. The van der Waals surface area contributed by atoms with E-state index in [0.717, 1.165) is 0 Å². The van der Waals surface area contributed by atoms with Crippen molar-refractivity contribution in [3.63, 3.8) is 0 Å². The van der Waals surface area contributed by atoms with Crippen LogP contribution in [0.3, 0.4) is 0 Å². The van der Waals surface area contributed by atoms with E-state index in [1.807, 2.05) is 6.07 Å². The van der Waals surface area contributed by atoms with Gasteiger partial charge >= 0.3 is 6.03 Å². The van der Waals surface area contributed by atoms with Gasteiger partial charge in [-0.3, -0.25) is 4.79 Å². The molecule has 0 saturated carbocycles. The van der Waals surface area contributed by atoms with E-state index in [1.54, 1.807) is 17.2 Å². The van der Waals surface area contributed by atoms with E-state index in [-0.39, 0.29) is 23.9 Å². The van der Waals surface area contributed by atoms with Gasteiger partial charge in [-0.05, 0) is 30.9 Å². The lowest BCUT2D eigenvalue weighted by Gasteiger charge is -2.31. The normalized spacial score (nSPS) is 17.0. The molecule has 134 valence electrons. The molecule has 2 rings (SSSR count). The number of piperidine rings is 1. The highest BCUT2D eigenvalue weighted by molar-refractivity contribution is 5.78. The maximum absolute atomic E-state index is 12.5. The van der Waals surface area contributed by atoms with Crippen LogP contribution >= 0.6 is 0 Å². The van der Waals surface area contributed by atoms with Crippen LogP contribution in [0.25, 0.3) is 0 Å². The number of primary amides is 1. The minimum absolute atomic E-state index is 0.135.